The van der Waals surface area contributed by atoms with Crippen LogP contribution in [-0.4, -0.2) is 30.0 Å². The van der Waals surface area contributed by atoms with Gasteiger partial charge in [-0.05, 0) is 30.2 Å². The summed E-state index contributed by atoms with van der Waals surface area (Å²) >= 11 is 0. The normalized spacial score (nSPS) is 10.0. The Labute approximate surface area is 129 Å². The van der Waals surface area contributed by atoms with Crippen LogP contribution in [0.4, 0.5) is 0 Å². The quantitative estimate of drug-likeness (QED) is 0.756. The molecule has 5 heteroatoms. The fourth-order valence-corrected chi connectivity index (χ4v) is 1.97. The Kier molecular flexibility index (Phi) is 5.54. The van der Waals surface area contributed by atoms with Crippen molar-refractivity contribution in [2.75, 3.05) is 13.1 Å². The zero-order chi connectivity index (χ0) is 15.8. The largest absolute Gasteiger partial charge is 0.508 e. The maximum atomic E-state index is 11.8. The van der Waals surface area contributed by atoms with Crippen molar-refractivity contribution in [2.45, 2.75) is 6.42 Å². The minimum absolute atomic E-state index is 0.0749. The van der Waals surface area contributed by atoms with Gasteiger partial charge in [-0.3, -0.25) is 9.59 Å². The summed E-state index contributed by atoms with van der Waals surface area (Å²) in [5.74, 6) is -0.328. The van der Waals surface area contributed by atoms with Gasteiger partial charge >= 0.3 is 0 Å². The SMILES string of the molecule is O=C(CNC(=O)c1ccccc1)NCCc1ccccc1O. The van der Waals surface area contributed by atoms with Crippen LogP contribution in [0.2, 0.25) is 0 Å². The third-order valence-electron chi connectivity index (χ3n) is 3.15. The van der Waals surface area contributed by atoms with E-state index in [-0.39, 0.29) is 24.1 Å². The smallest absolute Gasteiger partial charge is 0.251 e. The highest BCUT2D eigenvalue weighted by Crippen LogP contribution is 2.15. The lowest BCUT2D eigenvalue weighted by Crippen LogP contribution is -2.37. The molecular formula is C17H18N2O3. The fraction of sp³-hybridized carbons (Fsp3) is 0.176. The molecule has 0 saturated heterocycles. The Hall–Kier alpha value is -2.82. The number of phenols is 1. The number of amides is 2. The molecule has 2 amide bonds. The van der Waals surface area contributed by atoms with Crippen LogP contribution in [0.25, 0.3) is 0 Å². The Morgan fingerprint density at radius 2 is 1.59 bits per heavy atom. The van der Waals surface area contributed by atoms with Crippen molar-refractivity contribution in [2.24, 2.45) is 0 Å². The third kappa shape index (κ3) is 4.63. The first kappa shape index (κ1) is 15.6. The average molecular weight is 298 g/mol. The number of carbonyl (C=O) groups excluding carboxylic acids is 2. The number of benzene rings is 2. The van der Waals surface area contributed by atoms with Gasteiger partial charge in [0.15, 0.2) is 0 Å². The highest BCUT2D eigenvalue weighted by Gasteiger charge is 2.07. The predicted molar refractivity (Wildman–Crippen MR) is 83.6 cm³/mol. The van der Waals surface area contributed by atoms with E-state index in [2.05, 4.69) is 10.6 Å². The molecule has 5 nitrogen and oxygen atoms in total. The van der Waals surface area contributed by atoms with Crippen molar-refractivity contribution in [3.8, 4) is 5.75 Å². The average Bonchev–Trinajstić information content (AvgIpc) is 2.55. The van der Waals surface area contributed by atoms with Crippen molar-refractivity contribution in [3.63, 3.8) is 0 Å². The van der Waals surface area contributed by atoms with Crippen LogP contribution in [-0.2, 0) is 11.2 Å². The van der Waals surface area contributed by atoms with Gasteiger partial charge in [-0.15, -0.1) is 0 Å². The van der Waals surface area contributed by atoms with Gasteiger partial charge in [0.05, 0.1) is 6.54 Å². The number of rotatable bonds is 6. The molecule has 22 heavy (non-hydrogen) atoms. The molecule has 0 atom stereocenters. The number of hydrogen-bond acceptors (Lipinski definition) is 3. The monoisotopic (exact) mass is 298 g/mol. The van der Waals surface area contributed by atoms with E-state index in [1.807, 2.05) is 12.1 Å². The van der Waals surface area contributed by atoms with E-state index >= 15 is 0 Å². The summed E-state index contributed by atoms with van der Waals surface area (Å²) < 4.78 is 0. The molecule has 2 rings (SSSR count). The molecule has 0 bridgehead atoms. The molecule has 0 saturated carbocycles. The lowest BCUT2D eigenvalue weighted by atomic mass is 10.1. The standard InChI is InChI=1S/C17H18N2O3/c20-15-9-5-4-6-13(15)10-11-18-16(21)12-19-17(22)14-7-2-1-3-8-14/h1-9,20H,10-12H2,(H,18,21)(H,19,22). The van der Waals surface area contributed by atoms with Crippen LogP contribution in [0.15, 0.2) is 54.6 Å². The minimum atomic E-state index is -0.281. The highest BCUT2D eigenvalue weighted by molar-refractivity contribution is 5.96. The molecule has 0 unspecified atom stereocenters. The maximum Gasteiger partial charge on any atom is 0.251 e. The lowest BCUT2D eigenvalue weighted by molar-refractivity contribution is -0.120. The molecule has 0 radical (unpaired) electrons. The lowest BCUT2D eigenvalue weighted by Gasteiger charge is -2.08. The second-order valence-electron chi connectivity index (χ2n) is 4.78. The third-order valence-corrected chi connectivity index (χ3v) is 3.15. The molecule has 0 aliphatic rings. The van der Waals surface area contributed by atoms with Crippen LogP contribution in [0, 0.1) is 0 Å². The zero-order valence-electron chi connectivity index (χ0n) is 12.1. The van der Waals surface area contributed by atoms with Gasteiger partial charge in [-0.2, -0.15) is 0 Å². The Morgan fingerprint density at radius 1 is 0.909 bits per heavy atom. The first-order valence-corrected chi connectivity index (χ1v) is 7.03. The number of phenolic OH excluding ortho intramolecular Hbond substituents is 1. The van der Waals surface area contributed by atoms with Crippen LogP contribution in [0.5, 0.6) is 5.75 Å². The fourth-order valence-electron chi connectivity index (χ4n) is 1.97. The molecule has 0 aromatic heterocycles. The molecule has 0 fully saturated rings. The van der Waals surface area contributed by atoms with Gasteiger partial charge in [0.2, 0.25) is 5.91 Å². The van der Waals surface area contributed by atoms with Crippen LogP contribution in [0.3, 0.4) is 0 Å². The van der Waals surface area contributed by atoms with Crippen molar-refractivity contribution in [1.82, 2.24) is 10.6 Å². The van der Waals surface area contributed by atoms with E-state index in [9.17, 15) is 14.7 Å². The molecule has 3 N–H and O–H groups in total. The van der Waals surface area contributed by atoms with Crippen molar-refractivity contribution < 1.29 is 14.7 Å². The molecule has 2 aromatic carbocycles. The predicted octanol–water partition coefficient (Wildman–Crippen LogP) is 1.48. The van der Waals surface area contributed by atoms with Gasteiger partial charge in [-0.25, -0.2) is 0 Å². The molecule has 0 aliphatic carbocycles. The van der Waals surface area contributed by atoms with E-state index in [1.54, 1.807) is 42.5 Å². The second-order valence-corrected chi connectivity index (χ2v) is 4.78. The van der Waals surface area contributed by atoms with Gasteiger partial charge in [0.1, 0.15) is 5.75 Å². The molecule has 0 spiro atoms. The van der Waals surface area contributed by atoms with E-state index in [0.29, 0.717) is 18.5 Å². The molecule has 0 heterocycles. The summed E-state index contributed by atoms with van der Waals surface area (Å²) in [5, 5.41) is 14.9. The maximum absolute atomic E-state index is 11.8. The Bertz CT molecular complexity index is 641. The van der Waals surface area contributed by atoms with Gasteiger partial charge in [0.25, 0.3) is 5.91 Å². The minimum Gasteiger partial charge on any atom is -0.508 e. The molecule has 2 aromatic rings. The number of carbonyl (C=O) groups is 2. The summed E-state index contributed by atoms with van der Waals surface area (Å²) in [5.41, 5.74) is 1.29. The van der Waals surface area contributed by atoms with Crippen LogP contribution in [0.1, 0.15) is 15.9 Å². The Morgan fingerprint density at radius 3 is 2.32 bits per heavy atom. The van der Waals surface area contributed by atoms with Gasteiger partial charge in [-0.1, -0.05) is 36.4 Å². The van der Waals surface area contributed by atoms with Gasteiger partial charge in [0, 0.05) is 12.1 Å². The van der Waals surface area contributed by atoms with Crippen LogP contribution < -0.4 is 10.6 Å². The highest BCUT2D eigenvalue weighted by atomic mass is 16.3. The number of aromatic hydroxyl groups is 1. The topological polar surface area (TPSA) is 78.4 Å². The van der Waals surface area contributed by atoms with E-state index in [1.165, 1.54) is 0 Å². The zero-order valence-corrected chi connectivity index (χ0v) is 12.1. The molecular weight excluding hydrogens is 280 g/mol. The number of para-hydroxylation sites is 1. The van der Waals surface area contributed by atoms with E-state index < -0.39 is 0 Å². The molecule has 0 aliphatic heterocycles. The van der Waals surface area contributed by atoms with E-state index in [4.69, 9.17) is 0 Å². The summed E-state index contributed by atoms with van der Waals surface area (Å²) in [4.78, 5) is 23.4. The second kappa shape index (κ2) is 7.83. The van der Waals surface area contributed by atoms with Crippen molar-refractivity contribution in [1.29, 1.82) is 0 Å². The summed E-state index contributed by atoms with van der Waals surface area (Å²) in [7, 11) is 0. The van der Waals surface area contributed by atoms with Crippen molar-refractivity contribution >= 4 is 11.8 Å². The van der Waals surface area contributed by atoms with Gasteiger partial charge < -0.3 is 15.7 Å². The van der Waals surface area contributed by atoms with Crippen molar-refractivity contribution in [3.05, 3.63) is 65.7 Å². The molecule has 114 valence electrons. The first-order valence-electron chi connectivity index (χ1n) is 7.03. The summed E-state index contributed by atoms with van der Waals surface area (Å²) in [6, 6.07) is 15.7. The van der Waals surface area contributed by atoms with Crippen LogP contribution >= 0.6 is 0 Å². The Balaban J connectivity index is 1.70. The summed E-state index contributed by atoms with van der Waals surface area (Å²) in [6.07, 6.45) is 0.533. The summed E-state index contributed by atoms with van der Waals surface area (Å²) in [6.45, 7) is 0.326. The number of nitrogens with one attached hydrogen (secondary N) is 2. The van der Waals surface area contributed by atoms with E-state index in [0.717, 1.165) is 5.56 Å². The number of hydrogen-bond donors (Lipinski definition) is 3. The first-order chi connectivity index (χ1) is 10.7.